The van der Waals surface area contributed by atoms with E-state index in [0.717, 1.165) is 0 Å². The lowest BCUT2D eigenvalue weighted by Gasteiger charge is -2.07. The second-order valence-electron chi connectivity index (χ2n) is 3.77. The van der Waals surface area contributed by atoms with Crippen molar-refractivity contribution in [1.29, 1.82) is 0 Å². The van der Waals surface area contributed by atoms with E-state index < -0.39 is 34.4 Å². The lowest BCUT2D eigenvalue weighted by atomic mass is 10.2. The molecule has 3 N–H and O–H groups in total. The molecule has 0 amide bonds. The third kappa shape index (κ3) is 2.09. The number of carbonyl (C=O) groups is 2. The van der Waals surface area contributed by atoms with E-state index in [1.807, 2.05) is 4.98 Å². The lowest BCUT2D eigenvalue weighted by molar-refractivity contribution is 0.0643. The van der Waals surface area contributed by atoms with Crippen LogP contribution < -0.4 is 11.2 Å². The summed E-state index contributed by atoms with van der Waals surface area (Å²) in [6.07, 6.45) is 0. The van der Waals surface area contributed by atoms with E-state index >= 15 is 0 Å². The molecule has 0 saturated heterocycles. The molecule has 2 aromatic rings. The number of carboxylic acids is 2. The van der Waals surface area contributed by atoms with Crippen LogP contribution in [0.2, 0.25) is 0 Å². The molecule has 0 saturated carbocycles. The summed E-state index contributed by atoms with van der Waals surface area (Å²) in [5.74, 6) is -3.43. The van der Waals surface area contributed by atoms with E-state index in [0.29, 0.717) is 4.57 Å². The van der Waals surface area contributed by atoms with Gasteiger partial charge in [0.25, 0.3) is 5.56 Å². The number of benzene rings is 1. The van der Waals surface area contributed by atoms with Gasteiger partial charge in [-0.1, -0.05) is 18.2 Å². The molecule has 8 heteroatoms. The smallest absolute Gasteiger partial charge is 0.353 e. The number of hydrogen-bond donors (Lipinski definition) is 3. The van der Waals surface area contributed by atoms with Crippen LogP contribution in [0.4, 0.5) is 0 Å². The van der Waals surface area contributed by atoms with Crippen molar-refractivity contribution in [3.63, 3.8) is 0 Å². The Bertz CT molecular complexity index is 803. The Morgan fingerprint density at radius 1 is 1.00 bits per heavy atom. The number of aromatic nitrogens is 2. The Hall–Kier alpha value is -3.16. The van der Waals surface area contributed by atoms with Gasteiger partial charge in [0.2, 0.25) is 0 Å². The van der Waals surface area contributed by atoms with Gasteiger partial charge in [-0.3, -0.25) is 9.78 Å². The number of carboxylic acid groups (broad SMARTS) is 2. The van der Waals surface area contributed by atoms with Crippen LogP contribution in [0, 0.1) is 0 Å². The molecule has 1 heterocycles. The van der Waals surface area contributed by atoms with Crippen LogP contribution in [0.15, 0.2) is 39.9 Å². The van der Waals surface area contributed by atoms with Crippen LogP contribution in [0.25, 0.3) is 5.69 Å². The van der Waals surface area contributed by atoms with E-state index in [2.05, 4.69) is 0 Å². The van der Waals surface area contributed by atoms with E-state index in [-0.39, 0.29) is 5.69 Å². The molecule has 20 heavy (non-hydrogen) atoms. The molecule has 0 radical (unpaired) electrons. The molecule has 0 spiro atoms. The van der Waals surface area contributed by atoms with Gasteiger partial charge in [-0.2, -0.15) is 0 Å². The number of rotatable bonds is 3. The number of nitrogens with one attached hydrogen (secondary N) is 1. The zero-order valence-electron chi connectivity index (χ0n) is 9.86. The van der Waals surface area contributed by atoms with Gasteiger partial charge in [0.1, 0.15) is 5.69 Å². The number of hydrogen-bond acceptors (Lipinski definition) is 4. The first-order chi connectivity index (χ1) is 9.43. The molecule has 0 atom stereocenters. The Morgan fingerprint density at radius 3 is 2.10 bits per heavy atom. The summed E-state index contributed by atoms with van der Waals surface area (Å²) in [6, 6.07) is 7.58. The Balaban J connectivity index is 2.90. The summed E-state index contributed by atoms with van der Waals surface area (Å²) in [6.45, 7) is 0. The molecular formula is C12H8N2O6. The first-order valence-corrected chi connectivity index (χ1v) is 5.35. The van der Waals surface area contributed by atoms with E-state index in [1.165, 1.54) is 12.1 Å². The molecule has 2 rings (SSSR count). The number of aromatic carboxylic acids is 2. The SMILES string of the molecule is O=C(O)c1[nH]c(=O)n(-c2ccccc2)c(=O)c1C(=O)O. The fraction of sp³-hybridized carbons (Fsp3) is 0. The minimum absolute atomic E-state index is 0.137. The van der Waals surface area contributed by atoms with Gasteiger partial charge in [-0.25, -0.2) is 19.0 Å². The van der Waals surface area contributed by atoms with Crippen molar-refractivity contribution < 1.29 is 19.8 Å². The zero-order chi connectivity index (χ0) is 14.9. The van der Waals surface area contributed by atoms with Crippen molar-refractivity contribution in [2.75, 3.05) is 0 Å². The standard InChI is InChI=1S/C12H8N2O6/c15-9-7(10(16)17)8(11(18)19)13-12(20)14(9)6-4-2-1-3-5-6/h1-5H,(H,13,20)(H,16,17)(H,18,19). The van der Waals surface area contributed by atoms with E-state index in [9.17, 15) is 19.2 Å². The minimum atomic E-state index is -1.73. The maximum Gasteiger partial charge on any atom is 0.353 e. The van der Waals surface area contributed by atoms with E-state index in [1.54, 1.807) is 18.2 Å². The third-order valence-corrected chi connectivity index (χ3v) is 2.54. The first-order valence-electron chi connectivity index (χ1n) is 5.35. The van der Waals surface area contributed by atoms with Gasteiger partial charge >= 0.3 is 17.6 Å². The van der Waals surface area contributed by atoms with Crippen LogP contribution >= 0.6 is 0 Å². The van der Waals surface area contributed by atoms with Crippen LogP contribution in [-0.2, 0) is 0 Å². The number of para-hydroxylation sites is 1. The zero-order valence-corrected chi connectivity index (χ0v) is 9.86. The molecule has 102 valence electrons. The molecule has 0 aliphatic rings. The highest BCUT2D eigenvalue weighted by Gasteiger charge is 2.24. The fourth-order valence-electron chi connectivity index (χ4n) is 1.71. The van der Waals surface area contributed by atoms with Crippen molar-refractivity contribution in [2.45, 2.75) is 0 Å². The van der Waals surface area contributed by atoms with Gasteiger partial charge in [-0.15, -0.1) is 0 Å². The van der Waals surface area contributed by atoms with Crippen LogP contribution in [0.1, 0.15) is 20.8 Å². The van der Waals surface area contributed by atoms with Crippen molar-refractivity contribution in [2.24, 2.45) is 0 Å². The Labute approximate surface area is 110 Å². The quantitative estimate of drug-likeness (QED) is 0.719. The number of H-pyrrole nitrogens is 1. The highest BCUT2D eigenvalue weighted by Crippen LogP contribution is 2.04. The molecule has 0 fully saturated rings. The fourth-order valence-corrected chi connectivity index (χ4v) is 1.71. The predicted octanol–water partition coefficient (Wildman–Crippen LogP) is -0.0778. The molecule has 0 aliphatic carbocycles. The molecule has 0 unspecified atom stereocenters. The Kier molecular flexibility index (Phi) is 3.21. The normalized spacial score (nSPS) is 10.2. The van der Waals surface area contributed by atoms with Gasteiger partial charge in [0.15, 0.2) is 5.56 Å². The van der Waals surface area contributed by atoms with E-state index in [4.69, 9.17) is 10.2 Å². The minimum Gasteiger partial charge on any atom is -0.477 e. The molecule has 1 aromatic carbocycles. The van der Waals surface area contributed by atoms with Crippen molar-refractivity contribution >= 4 is 11.9 Å². The summed E-state index contributed by atoms with van der Waals surface area (Å²) >= 11 is 0. The topological polar surface area (TPSA) is 129 Å². The summed E-state index contributed by atoms with van der Waals surface area (Å²) < 4.78 is 0.565. The van der Waals surface area contributed by atoms with Crippen LogP contribution in [0.3, 0.4) is 0 Å². The highest BCUT2D eigenvalue weighted by atomic mass is 16.4. The van der Waals surface area contributed by atoms with Gasteiger partial charge in [-0.05, 0) is 12.1 Å². The van der Waals surface area contributed by atoms with Crippen LogP contribution in [0.5, 0.6) is 0 Å². The summed E-state index contributed by atoms with van der Waals surface area (Å²) in [7, 11) is 0. The lowest BCUT2D eigenvalue weighted by Crippen LogP contribution is -2.40. The van der Waals surface area contributed by atoms with Crippen molar-refractivity contribution in [1.82, 2.24) is 9.55 Å². The highest BCUT2D eigenvalue weighted by molar-refractivity contribution is 5.99. The molecule has 1 aromatic heterocycles. The molecular weight excluding hydrogens is 268 g/mol. The van der Waals surface area contributed by atoms with Gasteiger partial charge in [0.05, 0.1) is 5.69 Å². The average molecular weight is 276 g/mol. The second-order valence-corrected chi connectivity index (χ2v) is 3.77. The molecule has 8 nitrogen and oxygen atoms in total. The summed E-state index contributed by atoms with van der Waals surface area (Å²) in [5.41, 5.74) is -4.03. The number of nitrogens with zero attached hydrogens (tertiary/aromatic N) is 1. The first kappa shape index (κ1) is 13.3. The molecule has 0 bridgehead atoms. The third-order valence-electron chi connectivity index (χ3n) is 2.54. The van der Waals surface area contributed by atoms with Gasteiger partial charge in [0, 0.05) is 0 Å². The summed E-state index contributed by atoms with van der Waals surface area (Å²) in [4.78, 5) is 47.7. The molecule has 0 aliphatic heterocycles. The van der Waals surface area contributed by atoms with Gasteiger partial charge < -0.3 is 10.2 Å². The summed E-state index contributed by atoms with van der Waals surface area (Å²) in [5, 5.41) is 17.8. The largest absolute Gasteiger partial charge is 0.477 e. The second kappa shape index (κ2) is 4.84. The Morgan fingerprint density at radius 2 is 1.60 bits per heavy atom. The van der Waals surface area contributed by atoms with Crippen LogP contribution in [-0.4, -0.2) is 31.7 Å². The maximum atomic E-state index is 12.1. The predicted molar refractivity (Wildman–Crippen MR) is 66.6 cm³/mol. The maximum absolute atomic E-state index is 12.1. The average Bonchev–Trinajstić information content (AvgIpc) is 2.38. The van der Waals surface area contributed by atoms with Crippen molar-refractivity contribution in [3.05, 3.63) is 62.4 Å². The monoisotopic (exact) mass is 276 g/mol. The van der Waals surface area contributed by atoms with Crippen molar-refractivity contribution in [3.8, 4) is 5.69 Å². The number of aromatic amines is 1.